The van der Waals surface area contributed by atoms with E-state index in [1.54, 1.807) is 0 Å². The van der Waals surface area contributed by atoms with Crippen LogP contribution < -0.4 is 10.1 Å². The molecule has 1 unspecified atom stereocenters. The Labute approximate surface area is 164 Å². The van der Waals surface area contributed by atoms with Crippen LogP contribution in [0.1, 0.15) is 25.3 Å². The van der Waals surface area contributed by atoms with E-state index in [2.05, 4.69) is 10.2 Å². The summed E-state index contributed by atoms with van der Waals surface area (Å²) in [5.41, 5.74) is 1.02. The summed E-state index contributed by atoms with van der Waals surface area (Å²) in [7, 11) is -3.28. The maximum atomic E-state index is 12.2. The molecule has 2 aliphatic heterocycles. The zero-order valence-electron chi connectivity index (χ0n) is 15.2. The van der Waals surface area contributed by atoms with E-state index in [-0.39, 0.29) is 29.9 Å². The maximum Gasteiger partial charge on any atom is 0.221 e. The fourth-order valence-electron chi connectivity index (χ4n) is 3.47. The van der Waals surface area contributed by atoms with Gasteiger partial charge in [0.25, 0.3) is 0 Å². The van der Waals surface area contributed by atoms with Gasteiger partial charge in [-0.2, -0.15) is 0 Å². The Bertz CT molecular complexity index is 801. The number of aliphatic hydroxyl groups excluding tert-OH is 1. The maximum absolute atomic E-state index is 12.2. The summed E-state index contributed by atoms with van der Waals surface area (Å²) in [5.74, 6) is 0.0221. The minimum Gasteiger partial charge on any atom is -0.489 e. The molecule has 0 spiro atoms. The lowest BCUT2D eigenvalue weighted by molar-refractivity contribution is -0.122. The molecular formula is C18H25ClN2O5S. The molecule has 1 aromatic rings. The highest BCUT2D eigenvalue weighted by Gasteiger charge is 2.37. The van der Waals surface area contributed by atoms with Crippen LogP contribution in [0.2, 0.25) is 5.02 Å². The predicted molar refractivity (Wildman–Crippen MR) is 103 cm³/mol. The molecule has 3 rings (SSSR count). The summed E-state index contributed by atoms with van der Waals surface area (Å²) < 4.78 is 29.1. The molecule has 3 atom stereocenters. The number of benzene rings is 1. The van der Waals surface area contributed by atoms with Crippen molar-refractivity contribution in [2.24, 2.45) is 0 Å². The molecule has 0 saturated carbocycles. The Balaban J connectivity index is 1.58. The lowest BCUT2D eigenvalue weighted by Gasteiger charge is -2.23. The highest BCUT2D eigenvalue weighted by atomic mass is 35.5. The number of hydrogen-bond acceptors (Lipinski definition) is 6. The molecule has 9 heteroatoms. The van der Waals surface area contributed by atoms with Crippen molar-refractivity contribution in [3.63, 3.8) is 0 Å². The minimum absolute atomic E-state index is 0.00887. The number of ether oxygens (including phenoxy) is 1. The molecule has 150 valence electrons. The van der Waals surface area contributed by atoms with E-state index in [0.717, 1.165) is 17.7 Å². The van der Waals surface area contributed by atoms with Crippen LogP contribution >= 0.6 is 11.6 Å². The van der Waals surface area contributed by atoms with Gasteiger partial charge < -0.3 is 15.2 Å². The molecule has 2 heterocycles. The second-order valence-electron chi connectivity index (χ2n) is 7.20. The number of carbonyl (C=O) groups excluding carboxylic acids is 1. The SMILES string of the molecule is CCC1CN(CCC(=O)N[C@@H]2CS(=O)(=O)C[C@H]2O)Cc2ccc(Cl)cc2O1. The van der Waals surface area contributed by atoms with Gasteiger partial charge in [-0.1, -0.05) is 24.6 Å². The number of rotatable bonds is 5. The van der Waals surface area contributed by atoms with Crippen LogP contribution in [0.5, 0.6) is 5.75 Å². The van der Waals surface area contributed by atoms with E-state index in [9.17, 15) is 18.3 Å². The van der Waals surface area contributed by atoms with Gasteiger partial charge in [-0.05, 0) is 18.6 Å². The number of nitrogens with zero attached hydrogens (tertiary/aromatic N) is 1. The van der Waals surface area contributed by atoms with Crippen LogP contribution in [0, 0.1) is 0 Å². The number of nitrogens with one attached hydrogen (secondary N) is 1. The van der Waals surface area contributed by atoms with Gasteiger partial charge in [0, 0.05) is 36.6 Å². The Morgan fingerprint density at radius 3 is 2.85 bits per heavy atom. The molecule has 1 saturated heterocycles. The molecule has 27 heavy (non-hydrogen) atoms. The monoisotopic (exact) mass is 416 g/mol. The molecule has 2 aliphatic rings. The van der Waals surface area contributed by atoms with Crippen LogP contribution in [0.4, 0.5) is 0 Å². The molecule has 0 aromatic heterocycles. The van der Waals surface area contributed by atoms with E-state index < -0.39 is 22.0 Å². The summed E-state index contributed by atoms with van der Waals surface area (Å²) in [6, 6.07) is 4.85. The van der Waals surface area contributed by atoms with Gasteiger partial charge in [0.15, 0.2) is 9.84 Å². The Kier molecular flexibility index (Phi) is 6.30. The molecule has 2 N–H and O–H groups in total. The van der Waals surface area contributed by atoms with Crippen molar-refractivity contribution < 1.29 is 23.1 Å². The first-order valence-corrected chi connectivity index (χ1v) is 11.3. The second kappa shape index (κ2) is 8.34. The van der Waals surface area contributed by atoms with Crippen molar-refractivity contribution in [1.82, 2.24) is 10.2 Å². The van der Waals surface area contributed by atoms with Crippen LogP contribution in [0.15, 0.2) is 18.2 Å². The van der Waals surface area contributed by atoms with Gasteiger partial charge in [-0.15, -0.1) is 0 Å². The van der Waals surface area contributed by atoms with E-state index in [1.807, 2.05) is 25.1 Å². The van der Waals surface area contributed by atoms with Crippen LogP contribution in [0.3, 0.4) is 0 Å². The van der Waals surface area contributed by atoms with Crippen molar-refractivity contribution in [2.45, 2.75) is 44.6 Å². The van der Waals surface area contributed by atoms with Gasteiger partial charge >= 0.3 is 0 Å². The molecule has 0 bridgehead atoms. The second-order valence-corrected chi connectivity index (χ2v) is 9.79. The van der Waals surface area contributed by atoms with Gasteiger partial charge in [-0.3, -0.25) is 9.69 Å². The number of hydrogen-bond donors (Lipinski definition) is 2. The lowest BCUT2D eigenvalue weighted by atomic mass is 10.2. The Hall–Kier alpha value is -1.35. The number of carbonyl (C=O) groups is 1. The van der Waals surface area contributed by atoms with Crippen molar-refractivity contribution in [2.75, 3.05) is 24.6 Å². The van der Waals surface area contributed by atoms with Crippen molar-refractivity contribution in [3.05, 3.63) is 28.8 Å². The summed E-state index contributed by atoms with van der Waals surface area (Å²) in [6.45, 7) is 3.91. The van der Waals surface area contributed by atoms with Gasteiger partial charge in [0.1, 0.15) is 11.9 Å². The minimum atomic E-state index is -3.28. The zero-order valence-corrected chi connectivity index (χ0v) is 16.8. The highest BCUT2D eigenvalue weighted by molar-refractivity contribution is 7.91. The highest BCUT2D eigenvalue weighted by Crippen LogP contribution is 2.29. The number of amides is 1. The number of sulfone groups is 1. The first-order chi connectivity index (χ1) is 12.8. The first kappa shape index (κ1) is 20.4. The summed E-state index contributed by atoms with van der Waals surface area (Å²) in [6.07, 6.45) is 0.0323. The van der Waals surface area contributed by atoms with Gasteiger partial charge in [0.05, 0.1) is 23.7 Å². The van der Waals surface area contributed by atoms with Gasteiger partial charge in [-0.25, -0.2) is 8.42 Å². The quantitative estimate of drug-likeness (QED) is 0.742. The topological polar surface area (TPSA) is 95.9 Å². The molecule has 0 radical (unpaired) electrons. The average molecular weight is 417 g/mol. The molecular weight excluding hydrogens is 392 g/mol. The summed E-state index contributed by atoms with van der Waals surface area (Å²) >= 11 is 6.06. The molecule has 7 nitrogen and oxygen atoms in total. The lowest BCUT2D eigenvalue weighted by Crippen LogP contribution is -2.44. The standard InChI is InChI=1S/C18H25ClN2O5S/c1-2-14-9-21(8-12-3-4-13(19)7-17(12)26-14)6-5-18(23)20-15-10-27(24,25)11-16(15)22/h3-4,7,14-16,22H,2,5-6,8-11H2,1H3,(H,20,23)/t14?,15-,16-/m1/s1. The fourth-order valence-corrected chi connectivity index (χ4v) is 5.37. The molecule has 1 fully saturated rings. The van der Waals surface area contributed by atoms with E-state index >= 15 is 0 Å². The fraction of sp³-hybridized carbons (Fsp3) is 0.611. The molecule has 1 amide bonds. The largest absolute Gasteiger partial charge is 0.489 e. The van der Waals surface area contributed by atoms with Crippen molar-refractivity contribution >= 4 is 27.3 Å². The summed E-state index contributed by atoms with van der Waals surface area (Å²) in [5, 5.41) is 13.1. The van der Waals surface area contributed by atoms with E-state index in [1.165, 1.54) is 0 Å². The Morgan fingerprint density at radius 2 is 2.19 bits per heavy atom. The number of halogens is 1. The van der Waals surface area contributed by atoms with Gasteiger partial charge in [0.2, 0.25) is 5.91 Å². The summed E-state index contributed by atoms with van der Waals surface area (Å²) in [4.78, 5) is 14.4. The predicted octanol–water partition coefficient (Wildman–Crippen LogP) is 0.977. The smallest absolute Gasteiger partial charge is 0.221 e. The average Bonchev–Trinajstić information content (AvgIpc) is 2.76. The third kappa shape index (κ3) is 5.34. The number of aliphatic hydroxyl groups is 1. The Morgan fingerprint density at radius 1 is 1.41 bits per heavy atom. The van der Waals surface area contributed by atoms with E-state index in [4.69, 9.17) is 16.3 Å². The van der Waals surface area contributed by atoms with E-state index in [0.29, 0.717) is 24.7 Å². The normalized spacial score (nSPS) is 27.4. The third-order valence-electron chi connectivity index (χ3n) is 4.96. The van der Waals surface area contributed by atoms with Crippen molar-refractivity contribution in [3.8, 4) is 5.75 Å². The molecule has 0 aliphatic carbocycles. The number of fused-ring (bicyclic) bond motifs is 1. The van der Waals surface area contributed by atoms with Crippen LogP contribution in [-0.2, 0) is 21.2 Å². The zero-order chi connectivity index (χ0) is 19.6. The van der Waals surface area contributed by atoms with Crippen LogP contribution in [-0.4, -0.2) is 67.2 Å². The third-order valence-corrected chi connectivity index (χ3v) is 6.91. The first-order valence-electron chi connectivity index (χ1n) is 9.11. The molecule has 1 aromatic carbocycles. The van der Waals surface area contributed by atoms with Crippen molar-refractivity contribution in [1.29, 1.82) is 0 Å². The van der Waals surface area contributed by atoms with Crippen LogP contribution in [0.25, 0.3) is 0 Å².